The minimum absolute atomic E-state index is 0.104. The molecule has 2 nitrogen and oxygen atoms in total. The van der Waals surface area contributed by atoms with Crippen molar-refractivity contribution in [2.45, 2.75) is 13.5 Å². The molecule has 0 atom stereocenters. The highest BCUT2D eigenvalue weighted by Gasteiger charge is 2.03. The molecule has 2 aromatic rings. The molecular weight excluding hydrogens is 322 g/mol. The number of benzene rings is 1. The van der Waals surface area contributed by atoms with E-state index in [4.69, 9.17) is 11.6 Å². The number of aryl methyl sites for hydroxylation is 1. The summed E-state index contributed by atoms with van der Waals surface area (Å²) in [6, 6.07) is 7.21. The molecule has 2 rings (SSSR count). The van der Waals surface area contributed by atoms with E-state index >= 15 is 0 Å². The van der Waals surface area contributed by atoms with Gasteiger partial charge in [0.25, 0.3) is 0 Å². The van der Waals surface area contributed by atoms with Crippen molar-refractivity contribution < 1.29 is 5.11 Å². The van der Waals surface area contributed by atoms with E-state index in [0.29, 0.717) is 5.02 Å². The van der Waals surface area contributed by atoms with E-state index in [1.54, 1.807) is 29.5 Å². The van der Waals surface area contributed by atoms with Crippen LogP contribution in [0, 0.1) is 6.92 Å². The fraction of sp³-hybridized carbons (Fsp3) is 0.167. The molecule has 0 spiro atoms. The normalized spacial score (nSPS) is 10.5. The summed E-state index contributed by atoms with van der Waals surface area (Å²) in [5.41, 5.74) is 0.898. The number of hydrogen-bond donors (Lipinski definition) is 2. The number of phenolic OH excluding ortho intramolecular Hbond substituents is 1. The number of nitrogens with one attached hydrogen (secondary N) is 1. The van der Waals surface area contributed by atoms with Crippen LogP contribution in [0.1, 0.15) is 9.75 Å². The largest absolute Gasteiger partial charge is 0.506 e. The molecule has 0 radical (unpaired) electrons. The average Bonchev–Trinajstić information content (AvgIpc) is 2.60. The summed E-state index contributed by atoms with van der Waals surface area (Å²) >= 11 is 11.1. The Hall–Kier alpha value is -0.710. The molecule has 0 amide bonds. The zero-order valence-electron chi connectivity index (χ0n) is 9.13. The highest BCUT2D eigenvalue weighted by atomic mass is 79.9. The lowest BCUT2D eigenvalue weighted by Gasteiger charge is -2.05. The van der Waals surface area contributed by atoms with Gasteiger partial charge in [0.1, 0.15) is 5.75 Å². The molecule has 1 aromatic heterocycles. The number of hydrogen-bond acceptors (Lipinski definition) is 3. The summed E-state index contributed by atoms with van der Waals surface area (Å²) in [4.78, 5) is 2.52. The van der Waals surface area contributed by atoms with Crippen molar-refractivity contribution in [3.63, 3.8) is 0 Å². The summed E-state index contributed by atoms with van der Waals surface area (Å²) in [6.07, 6.45) is 0. The SMILES string of the molecule is Cc1sc(CNc2ccc(O)c(Cl)c2)cc1Br. The second kappa shape index (κ2) is 5.29. The van der Waals surface area contributed by atoms with Gasteiger partial charge in [0.2, 0.25) is 0 Å². The third kappa shape index (κ3) is 3.15. The van der Waals surface area contributed by atoms with E-state index in [0.717, 1.165) is 16.7 Å². The Bertz CT molecular complexity index is 522. The minimum Gasteiger partial charge on any atom is -0.506 e. The Morgan fingerprint density at radius 3 is 2.76 bits per heavy atom. The zero-order valence-corrected chi connectivity index (χ0v) is 12.3. The Morgan fingerprint density at radius 2 is 2.18 bits per heavy atom. The molecule has 1 aromatic carbocycles. The van der Waals surface area contributed by atoms with Crippen LogP contribution in [-0.2, 0) is 6.54 Å². The van der Waals surface area contributed by atoms with Crippen LogP contribution in [0.25, 0.3) is 0 Å². The number of thiophene rings is 1. The molecule has 0 aliphatic rings. The van der Waals surface area contributed by atoms with Gasteiger partial charge < -0.3 is 10.4 Å². The first-order chi connectivity index (χ1) is 8.06. The van der Waals surface area contributed by atoms with Crippen LogP contribution < -0.4 is 5.32 Å². The predicted molar refractivity (Wildman–Crippen MR) is 77.2 cm³/mol. The first kappa shape index (κ1) is 12.7. The molecule has 0 bridgehead atoms. The summed E-state index contributed by atoms with van der Waals surface area (Å²) in [6.45, 7) is 2.83. The van der Waals surface area contributed by atoms with Crippen molar-refractivity contribution in [3.05, 3.63) is 43.5 Å². The first-order valence-corrected chi connectivity index (χ1v) is 7.02. The van der Waals surface area contributed by atoms with Gasteiger partial charge in [0, 0.05) is 26.5 Å². The molecule has 90 valence electrons. The molecule has 17 heavy (non-hydrogen) atoms. The minimum atomic E-state index is 0.104. The summed E-state index contributed by atoms with van der Waals surface area (Å²) < 4.78 is 1.14. The van der Waals surface area contributed by atoms with Gasteiger partial charge in [-0.2, -0.15) is 0 Å². The molecule has 0 aliphatic carbocycles. The van der Waals surface area contributed by atoms with E-state index in [2.05, 4.69) is 34.2 Å². The van der Waals surface area contributed by atoms with Gasteiger partial charge in [-0.1, -0.05) is 11.6 Å². The second-order valence-corrected chi connectivity index (χ2v) is 6.24. The molecule has 0 saturated carbocycles. The van der Waals surface area contributed by atoms with Crippen LogP contribution in [-0.4, -0.2) is 5.11 Å². The number of aromatic hydroxyl groups is 1. The topological polar surface area (TPSA) is 32.3 Å². The maximum atomic E-state index is 9.30. The first-order valence-electron chi connectivity index (χ1n) is 5.03. The van der Waals surface area contributed by atoms with Crippen LogP contribution in [0.5, 0.6) is 5.75 Å². The van der Waals surface area contributed by atoms with Crippen molar-refractivity contribution in [2.75, 3.05) is 5.32 Å². The average molecular weight is 333 g/mol. The van der Waals surface area contributed by atoms with Crippen LogP contribution in [0.3, 0.4) is 0 Å². The van der Waals surface area contributed by atoms with Gasteiger partial charge in [-0.25, -0.2) is 0 Å². The Balaban J connectivity index is 2.04. The van der Waals surface area contributed by atoms with Crippen molar-refractivity contribution in [3.8, 4) is 5.75 Å². The maximum absolute atomic E-state index is 9.30. The predicted octanol–water partition coefficient (Wildman–Crippen LogP) is 4.79. The van der Waals surface area contributed by atoms with Crippen molar-refractivity contribution in [1.29, 1.82) is 0 Å². The summed E-state index contributed by atoms with van der Waals surface area (Å²) in [5, 5.41) is 12.9. The molecule has 0 saturated heterocycles. The van der Waals surface area contributed by atoms with E-state index < -0.39 is 0 Å². The molecule has 2 N–H and O–H groups in total. The molecular formula is C12H11BrClNOS. The van der Waals surface area contributed by atoms with Gasteiger partial charge in [-0.05, 0) is 47.1 Å². The van der Waals surface area contributed by atoms with Gasteiger partial charge in [-0.3, -0.25) is 0 Å². The maximum Gasteiger partial charge on any atom is 0.134 e. The lowest BCUT2D eigenvalue weighted by molar-refractivity contribution is 0.475. The van der Waals surface area contributed by atoms with Gasteiger partial charge in [0.15, 0.2) is 0 Å². The molecule has 0 fully saturated rings. The standard InChI is InChI=1S/C12H11BrClNOS/c1-7-10(13)5-9(17-7)6-15-8-2-3-12(16)11(14)4-8/h2-5,15-16H,6H2,1H3. The summed E-state index contributed by atoms with van der Waals surface area (Å²) in [5.74, 6) is 0.104. The van der Waals surface area contributed by atoms with Crippen LogP contribution in [0.4, 0.5) is 5.69 Å². The quantitative estimate of drug-likeness (QED) is 0.792. The monoisotopic (exact) mass is 331 g/mol. The number of anilines is 1. The van der Waals surface area contributed by atoms with Crippen molar-refractivity contribution in [2.24, 2.45) is 0 Å². The molecule has 0 unspecified atom stereocenters. The third-order valence-electron chi connectivity index (χ3n) is 2.32. The fourth-order valence-corrected chi connectivity index (χ4v) is 3.13. The van der Waals surface area contributed by atoms with E-state index in [1.165, 1.54) is 9.75 Å². The fourth-order valence-electron chi connectivity index (χ4n) is 1.41. The van der Waals surface area contributed by atoms with Gasteiger partial charge >= 0.3 is 0 Å². The smallest absolute Gasteiger partial charge is 0.134 e. The summed E-state index contributed by atoms with van der Waals surface area (Å²) in [7, 11) is 0. The number of phenols is 1. The Kier molecular flexibility index (Phi) is 3.97. The lowest BCUT2D eigenvalue weighted by atomic mass is 10.3. The Morgan fingerprint density at radius 1 is 1.41 bits per heavy atom. The zero-order chi connectivity index (χ0) is 12.4. The highest BCUT2D eigenvalue weighted by molar-refractivity contribution is 9.10. The number of halogens is 2. The van der Waals surface area contributed by atoms with Crippen LogP contribution >= 0.6 is 38.9 Å². The molecule has 5 heteroatoms. The molecule has 1 heterocycles. The van der Waals surface area contributed by atoms with Gasteiger partial charge in [0.05, 0.1) is 5.02 Å². The van der Waals surface area contributed by atoms with Crippen LogP contribution in [0.15, 0.2) is 28.7 Å². The van der Waals surface area contributed by atoms with E-state index in [9.17, 15) is 5.11 Å². The molecule has 0 aliphatic heterocycles. The van der Waals surface area contributed by atoms with Gasteiger partial charge in [-0.15, -0.1) is 11.3 Å². The van der Waals surface area contributed by atoms with Crippen molar-refractivity contribution >= 4 is 44.6 Å². The van der Waals surface area contributed by atoms with Crippen LogP contribution in [0.2, 0.25) is 5.02 Å². The van der Waals surface area contributed by atoms with Crippen molar-refractivity contribution in [1.82, 2.24) is 0 Å². The highest BCUT2D eigenvalue weighted by Crippen LogP contribution is 2.29. The van der Waals surface area contributed by atoms with E-state index in [-0.39, 0.29) is 5.75 Å². The number of rotatable bonds is 3. The Labute approximate surface area is 117 Å². The van der Waals surface area contributed by atoms with E-state index in [1.807, 2.05) is 0 Å². The third-order valence-corrected chi connectivity index (χ3v) is 4.76. The lowest BCUT2D eigenvalue weighted by Crippen LogP contribution is -1.96. The second-order valence-electron chi connectivity index (χ2n) is 3.64.